The number of fused-ring (bicyclic) bond motifs is 1. The van der Waals surface area contributed by atoms with Crippen LogP contribution in [0.4, 0.5) is 11.6 Å². The van der Waals surface area contributed by atoms with Crippen molar-refractivity contribution < 1.29 is 0 Å². The lowest BCUT2D eigenvalue weighted by molar-refractivity contribution is 0.395. The monoisotopic (exact) mass is 502 g/mol. The Morgan fingerprint density at radius 1 is 1.11 bits per heavy atom. The number of rotatable bonds is 6. The van der Waals surface area contributed by atoms with Crippen LogP contribution in [0.5, 0.6) is 0 Å². The van der Waals surface area contributed by atoms with Gasteiger partial charge in [0.2, 0.25) is 0 Å². The van der Waals surface area contributed by atoms with E-state index in [0.717, 1.165) is 80.1 Å². The average Bonchev–Trinajstić information content (AvgIpc) is 3.34. The zero-order chi connectivity index (χ0) is 24.3. The molecule has 1 unspecified atom stereocenters. The van der Waals surface area contributed by atoms with E-state index in [-0.39, 0.29) is 11.6 Å². The molecule has 6 rings (SSSR count). The van der Waals surface area contributed by atoms with Gasteiger partial charge in [-0.05, 0) is 50.3 Å². The predicted octanol–water partition coefficient (Wildman–Crippen LogP) is 3.46. The number of nitrogens with zero attached hydrogens (tertiary/aromatic N) is 5. The second kappa shape index (κ2) is 10.3. The molecule has 9 nitrogen and oxygen atoms in total. The van der Waals surface area contributed by atoms with Crippen LogP contribution in [0.25, 0.3) is 20.8 Å². The minimum absolute atomic E-state index is 0.123. The minimum atomic E-state index is -0.123. The molecule has 0 bridgehead atoms. The van der Waals surface area contributed by atoms with E-state index in [0.29, 0.717) is 22.3 Å². The van der Waals surface area contributed by atoms with Crippen molar-refractivity contribution in [2.45, 2.75) is 38.1 Å². The van der Waals surface area contributed by atoms with Crippen LogP contribution in [-0.2, 0) is 6.42 Å². The first kappa shape index (κ1) is 23.1. The summed E-state index contributed by atoms with van der Waals surface area (Å²) in [5.74, 6) is 2.78. The molecule has 0 saturated carbocycles. The van der Waals surface area contributed by atoms with Gasteiger partial charge in [0.15, 0.2) is 0 Å². The van der Waals surface area contributed by atoms with Crippen molar-refractivity contribution in [3.63, 3.8) is 0 Å². The second-order valence-electron chi connectivity index (χ2n) is 9.61. The predicted molar refractivity (Wildman–Crippen MR) is 144 cm³/mol. The molecule has 36 heavy (non-hydrogen) atoms. The quantitative estimate of drug-likeness (QED) is 0.368. The summed E-state index contributed by atoms with van der Waals surface area (Å²) >= 11 is 1.54. The van der Waals surface area contributed by atoms with E-state index < -0.39 is 0 Å². The molecule has 1 aromatic carbocycles. The Kier molecular flexibility index (Phi) is 6.61. The van der Waals surface area contributed by atoms with Crippen molar-refractivity contribution in [2.75, 3.05) is 36.4 Å². The number of hydrogen-bond acceptors (Lipinski definition) is 9. The van der Waals surface area contributed by atoms with Gasteiger partial charge in [-0.2, -0.15) is 0 Å². The lowest BCUT2D eigenvalue weighted by Gasteiger charge is -2.32. The van der Waals surface area contributed by atoms with E-state index in [1.54, 1.807) is 12.4 Å². The Hall–Kier alpha value is -3.37. The Labute approximate surface area is 213 Å². The average molecular weight is 503 g/mol. The third kappa shape index (κ3) is 4.96. The lowest BCUT2D eigenvalue weighted by Crippen LogP contribution is -2.39. The molecule has 1 atom stereocenters. The highest BCUT2D eigenvalue weighted by Crippen LogP contribution is 2.32. The van der Waals surface area contributed by atoms with Gasteiger partial charge >= 0.3 is 0 Å². The Balaban J connectivity index is 1.25. The van der Waals surface area contributed by atoms with Crippen molar-refractivity contribution in [2.24, 2.45) is 5.92 Å². The van der Waals surface area contributed by atoms with E-state index in [2.05, 4.69) is 30.5 Å². The van der Waals surface area contributed by atoms with E-state index in [9.17, 15) is 4.79 Å². The van der Waals surface area contributed by atoms with Crippen molar-refractivity contribution in [3.05, 3.63) is 59.0 Å². The van der Waals surface area contributed by atoms with Gasteiger partial charge in [-0.15, -0.1) is 11.3 Å². The highest BCUT2D eigenvalue weighted by molar-refractivity contribution is 7.21. The van der Waals surface area contributed by atoms with Crippen LogP contribution >= 0.6 is 11.3 Å². The number of H-pyrrole nitrogens is 1. The molecule has 5 heterocycles. The van der Waals surface area contributed by atoms with Gasteiger partial charge in [-0.1, -0.05) is 12.1 Å². The van der Waals surface area contributed by atoms with Crippen molar-refractivity contribution >= 4 is 33.2 Å². The van der Waals surface area contributed by atoms with Crippen LogP contribution in [0.15, 0.2) is 47.7 Å². The number of aromatic amines is 1. The maximum absolute atomic E-state index is 13.5. The number of thiazole rings is 1. The number of piperidine rings is 2. The molecular weight excluding hydrogens is 472 g/mol. The fourth-order valence-corrected chi connectivity index (χ4v) is 6.17. The maximum atomic E-state index is 13.5. The number of nitrogens with one attached hydrogen (secondary N) is 3. The lowest BCUT2D eigenvalue weighted by atomic mass is 9.93. The number of anilines is 2. The molecule has 2 aliphatic rings. The van der Waals surface area contributed by atoms with E-state index in [4.69, 9.17) is 9.97 Å². The fraction of sp³-hybridized carbons (Fsp3) is 0.423. The topological polar surface area (TPSA) is 112 Å². The number of benzene rings is 1. The molecule has 2 fully saturated rings. The molecule has 0 radical (unpaired) electrons. The van der Waals surface area contributed by atoms with Crippen LogP contribution in [0.2, 0.25) is 0 Å². The SMILES string of the molecule is O=c1[nH]c(CC2CCN(c3cnccn3)CC2)nc(NC2CCCNC2)c1-c1nc2ccccc2s1. The molecule has 0 spiro atoms. The standard InChI is InChI=1S/C26H30N8OS/c35-25-23(26-31-19-5-1-2-6-20(19)36-26)24(30-18-4-3-9-27-15-18)32-21(33-25)14-17-7-12-34(13-8-17)22-16-28-10-11-29-22/h1-2,5-6,10-11,16-18,27H,3-4,7-9,12-15H2,(H2,30,32,33,35). The molecule has 2 aliphatic heterocycles. The third-order valence-electron chi connectivity index (χ3n) is 7.08. The number of para-hydroxylation sites is 1. The summed E-state index contributed by atoms with van der Waals surface area (Å²) in [6, 6.07) is 8.23. The summed E-state index contributed by atoms with van der Waals surface area (Å²) in [4.78, 5) is 37.2. The number of aromatic nitrogens is 5. The summed E-state index contributed by atoms with van der Waals surface area (Å²) in [6.07, 6.45) is 10.2. The first-order valence-corrected chi connectivity index (χ1v) is 13.5. The summed E-state index contributed by atoms with van der Waals surface area (Å²) in [5, 5.41) is 7.74. The molecule has 0 aliphatic carbocycles. The van der Waals surface area contributed by atoms with Crippen LogP contribution in [0.3, 0.4) is 0 Å². The minimum Gasteiger partial charge on any atom is -0.365 e. The van der Waals surface area contributed by atoms with Gasteiger partial charge in [0.1, 0.15) is 28.0 Å². The maximum Gasteiger partial charge on any atom is 0.263 e. The second-order valence-corrected chi connectivity index (χ2v) is 10.6. The third-order valence-corrected chi connectivity index (χ3v) is 8.14. The number of hydrogen-bond donors (Lipinski definition) is 3. The van der Waals surface area contributed by atoms with Gasteiger partial charge in [0.05, 0.1) is 16.4 Å². The summed E-state index contributed by atoms with van der Waals surface area (Å²) in [5.41, 5.74) is 1.33. The van der Waals surface area contributed by atoms with Crippen molar-refractivity contribution in [1.82, 2.24) is 30.2 Å². The highest BCUT2D eigenvalue weighted by atomic mass is 32.1. The van der Waals surface area contributed by atoms with Gasteiger partial charge < -0.3 is 20.5 Å². The summed E-state index contributed by atoms with van der Waals surface area (Å²) in [6.45, 7) is 3.75. The molecule has 0 amide bonds. The van der Waals surface area contributed by atoms with E-state index in [1.807, 2.05) is 30.5 Å². The largest absolute Gasteiger partial charge is 0.365 e. The molecular formula is C26H30N8OS. The van der Waals surface area contributed by atoms with Gasteiger partial charge in [0.25, 0.3) is 5.56 Å². The zero-order valence-electron chi connectivity index (χ0n) is 20.1. The zero-order valence-corrected chi connectivity index (χ0v) is 20.9. The fourth-order valence-electron chi connectivity index (χ4n) is 5.16. The van der Waals surface area contributed by atoms with Crippen molar-refractivity contribution in [3.8, 4) is 10.6 Å². The van der Waals surface area contributed by atoms with Crippen LogP contribution in [-0.4, -0.2) is 57.1 Å². The molecule has 2 saturated heterocycles. The van der Waals surface area contributed by atoms with Gasteiger partial charge in [-0.3, -0.25) is 9.78 Å². The van der Waals surface area contributed by atoms with E-state index in [1.165, 1.54) is 11.3 Å². The Morgan fingerprint density at radius 3 is 2.78 bits per heavy atom. The highest BCUT2D eigenvalue weighted by Gasteiger charge is 2.24. The van der Waals surface area contributed by atoms with Gasteiger partial charge in [-0.25, -0.2) is 15.0 Å². The molecule has 4 aromatic rings. The van der Waals surface area contributed by atoms with E-state index >= 15 is 0 Å². The van der Waals surface area contributed by atoms with Crippen LogP contribution < -0.4 is 21.1 Å². The van der Waals surface area contributed by atoms with Crippen LogP contribution in [0, 0.1) is 5.92 Å². The Morgan fingerprint density at radius 2 is 2.00 bits per heavy atom. The van der Waals surface area contributed by atoms with Gasteiger partial charge in [0, 0.05) is 44.5 Å². The molecule has 186 valence electrons. The Bertz CT molecular complexity index is 1340. The summed E-state index contributed by atoms with van der Waals surface area (Å²) in [7, 11) is 0. The molecule has 10 heteroatoms. The smallest absolute Gasteiger partial charge is 0.263 e. The molecule has 3 N–H and O–H groups in total. The molecule has 3 aromatic heterocycles. The van der Waals surface area contributed by atoms with Crippen LogP contribution in [0.1, 0.15) is 31.5 Å². The van der Waals surface area contributed by atoms with Crippen molar-refractivity contribution in [1.29, 1.82) is 0 Å². The first-order valence-electron chi connectivity index (χ1n) is 12.7. The summed E-state index contributed by atoms with van der Waals surface area (Å²) < 4.78 is 1.07. The first-order chi connectivity index (χ1) is 17.7. The normalized spacial score (nSPS) is 19.0.